The van der Waals surface area contributed by atoms with Gasteiger partial charge in [-0.2, -0.15) is 5.26 Å². The van der Waals surface area contributed by atoms with Crippen LogP contribution in [-0.4, -0.2) is 33.3 Å². The van der Waals surface area contributed by atoms with E-state index in [1.165, 1.54) is 19.2 Å². The Labute approximate surface area is 203 Å². The molecular weight excluding hydrogens is 544 g/mol. The molecule has 2 aromatic rings. The van der Waals surface area contributed by atoms with Gasteiger partial charge in [0.15, 0.2) is 11.6 Å². The summed E-state index contributed by atoms with van der Waals surface area (Å²) >= 11 is 1.79. The van der Waals surface area contributed by atoms with Gasteiger partial charge in [-0.3, -0.25) is 4.90 Å². The normalized spacial score (nSPS) is 15.8. The van der Waals surface area contributed by atoms with Crippen molar-refractivity contribution >= 4 is 40.2 Å². The summed E-state index contributed by atoms with van der Waals surface area (Å²) in [5.41, 5.74) is 6.41. The molecule has 0 saturated heterocycles. The van der Waals surface area contributed by atoms with Gasteiger partial charge in [0.05, 0.1) is 53.7 Å². The summed E-state index contributed by atoms with van der Waals surface area (Å²) in [7, 11) is 3.53. The number of methoxy groups -OCH3 is 3. The average Bonchev–Trinajstić information content (AvgIpc) is 2.84. The first kappa shape index (κ1) is 24.1. The van der Waals surface area contributed by atoms with Crippen LogP contribution in [0.5, 0.6) is 5.75 Å². The number of hydrogen-bond acceptors (Lipinski definition) is 8. The number of rotatable bonds is 5. The van der Waals surface area contributed by atoms with E-state index in [1.807, 2.05) is 6.07 Å². The minimum atomic E-state index is -1.02. The third kappa shape index (κ3) is 4.11. The van der Waals surface area contributed by atoms with Gasteiger partial charge in [0.2, 0.25) is 0 Å². The molecule has 2 aromatic carbocycles. The van der Waals surface area contributed by atoms with Crippen LogP contribution in [0.25, 0.3) is 0 Å². The van der Waals surface area contributed by atoms with Gasteiger partial charge in [0.25, 0.3) is 0 Å². The number of benzene rings is 2. The molecule has 0 aromatic heterocycles. The van der Waals surface area contributed by atoms with Crippen LogP contribution in [0.2, 0.25) is 0 Å². The van der Waals surface area contributed by atoms with Gasteiger partial charge < -0.3 is 19.9 Å². The molecule has 0 fully saturated rings. The molecule has 10 heteroatoms. The topological polar surface area (TPSA) is 115 Å². The van der Waals surface area contributed by atoms with Crippen molar-refractivity contribution in [1.29, 1.82) is 5.26 Å². The van der Waals surface area contributed by atoms with Gasteiger partial charge in [-0.05, 0) is 40.3 Å². The second-order valence-corrected chi connectivity index (χ2v) is 7.91. The van der Waals surface area contributed by atoms with E-state index < -0.39 is 23.7 Å². The lowest BCUT2D eigenvalue weighted by Crippen LogP contribution is -2.41. The number of nitriles is 1. The summed E-state index contributed by atoms with van der Waals surface area (Å²) in [5.74, 6) is -3.94. The van der Waals surface area contributed by atoms with E-state index in [0.717, 1.165) is 19.1 Å². The number of halogens is 2. The number of hydrogen-bond donors (Lipinski definition) is 1. The van der Waals surface area contributed by atoms with E-state index in [0.29, 0.717) is 5.56 Å². The molecule has 0 amide bonds. The highest BCUT2D eigenvalue weighted by Gasteiger charge is 2.43. The lowest BCUT2D eigenvalue weighted by Gasteiger charge is -2.36. The summed E-state index contributed by atoms with van der Waals surface area (Å²) in [6.45, 7) is 0. The quantitative estimate of drug-likeness (QED) is 0.436. The Morgan fingerprint density at radius 2 is 1.73 bits per heavy atom. The number of anilines is 1. The molecule has 0 spiro atoms. The Balaban J connectivity index is 2.47. The summed E-state index contributed by atoms with van der Waals surface area (Å²) in [6.07, 6.45) is 0. The van der Waals surface area contributed by atoms with Gasteiger partial charge in [-0.1, -0.05) is 30.3 Å². The first-order valence-electron chi connectivity index (χ1n) is 9.49. The molecule has 3 rings (SSSR count). The fraction of sp³-hybridized carbons (Fsp3) is 0.174. The monoisotopic (exact) mass is 563 g/mol. The van der Waals surface area contributed by atoms with E-state index in [4.69, 9.17) is 19.9 Å². The Morgan fingerprint density at radius 1 is 1.09 bits per heavy atom. The molecule has 1 heterocycles. The van der Waals surface area contributed by atoms with E-state index in [9.17, 15) is 19.2 Å². The predicted octanol–water partition coefficient (Wildman–Crippen LogP) is 3.34. The minimum absolute atomic E-state index is 0.00832. The number of carbonyl (C=O) groups excluding carboxylic acids is 2. The zero-order chi connectivity index (χ0) is 24.3. The van der Waals surface area contributed by atoms with Crippen LogP contribution >= 0.6 is 22.6 Å². The first-order valence-corrected chi connectivity index (χ1v) is 10.6. The maximum absolute atomic E-state index is 14.9. The first-order chi connectivity index (χ1) is 15.8. The molecular formula is C23H19FIN3O5. The zero-order valence-electron chi connectivity index (χ0n) is 17.9. The van der Waals surface area contributed by atoms with Crippen LogP contribution in [-0.2, 0) is 19.1 Å². The maximum Gasteiger partial charge on any atom is 0.355 e. The van der Waals surface area contributed by atoms with Crippen molar-refractivity contribution in [1.82, 2.24) is 0 Å². The number of nitrogens with zero attached hydrogens (tertiary/aromatic N) is 2. The van der Waals surface area contributed by atoms with Crippen molar-refractivity contribution in [2.75, 3.05) is 26.2 Å². The molecule has 8 nitrogen and oxygen atoms in total. The largest absolute Gasteiger partial charge is 0.492 e. The van der Waals surface area contributed by atoms with E-state index in [1.54, 1.807) is 52.9 Å². The van der Waals surface area contributed by atoms with Crippen molar-refractivity contribution in [3.05, 3.63) is 80.1 Å². The second-order valence-electron chi connectivity index (χ2n) is 6.75. The smallest absolute Gasteiger partial charge is 0.355 e. The van der Waals surface area contributed by atoms with E-state index >= 15 is 0 Å². The standard InChI is InChI=1S/C23H19FIN3O5/c1-31-20-15(10-9-14(25)18(20)24)28-19(23(30)33-3)17(22(29)32-2)16(13(11-26)21(28)27)12-7-5-4-6-8-12/h4-10,16H,27H2,1-3H3. The van der Waals surface area contributed by atoms with Crippen LogP contribution in [0.1, 0.15) is 11.5 Å². The molecule has 0 saturated carbocycles. The van der Waals surface area contributed by atoms with Crippen LogP contribution in [0.15, 0.2) is 65.1 Å². The fourth-order valence-electron chi connectivity index (χ4n) is 3.66. The third-order valence-electron chi connectivity index (χ3n) is 5.08. The Bertz CT molecular complexity index is 1220. The van der Waals surface area contributed by atoms with Crippen molar-refractivity contribution < 1.29 is 28.2 Å². The predicted molar refractivity (Wildman–Crippen MR) is 125 cm³/mol. The van der Waals surface area contributed by atoms with Crippen LogP contribution in [0.4, 0.5) is 10.1 Å². The molecule has 0 radical (unpaired) electrons. The Kier molecular flexibility index (Phi) is 7.23. The second kappa shape index (κ2) is 9.91. The molecule has 1 unspecified atom stereocenters. The van der Waals surface area contributed by atoms with Gasteiger partial charge in [0.1, 0.15) is 11.5 Å². The number of allylic oxidation sites excluding steroid dienone is 1. The Hall–Kier alpha value is -3.59. The maximum atomic E-state index is 14.9. The average molecular weight is 563 g/mol. The summed E-state index contributed by atoms with van der Waals surface area (Å²) < 4.78 is 30.3. The lowest BCUT2D eigenvalue weighted by molar-refractivity contribution is -0.139. The summed E-state index contributed by atoms with van der Waals surface area (Å²) in [5, 5.41) is 10.0. The van der Waals surface area contributed by atoms with Gasteiger partial charge >= 0.3 is 11.9 Å². The number of ether oxygens (including phenoxy) is 3. The minimum Gasteiger partial charge on any atom is -0.492 e. The summed E-state index contributed by atoms with van der Waals surface area (Å²) in [6, 6.07) is 13.5. The lowest BCUT2D eigenvalue weighted by atomic mass is 9.81. The molecule has 170 valence electrons. The van der Waals surface area contributed by atoms with Gasteiger partial charge in [-0.15, -0.1) is 0 Å². The molecule has 0 bridgehead atoms. The molecule has 1 aliphatic heterocycles. The third-order valence-corrected chi connectivity index (χ3v) is 5.92. The number of carbonyl (C=O) groups is 2. The highest BCUT2D eigenvalue weighted by atomic mass is 127. The SMILES string of the molecule is COC(=O)C1=C(C(=O)OC)N(c2ccc(I)c(F)c2OC)C(N)=C(C#N)C1c1ccccc1. The molecule has 0 aliphatic carbocycles. The van der Waals surface area contributed by atoms with Crippen LogP contribution in [0.3, 0.4) is 0 Å². The fourth-order valence-corrected chi connectivity index (χ4v) is 4.08. The van der Waals surface area contributed by atoms with Crippen LogP contribution in [0, 0.1) is 20.7 Å². The van der Waals surface area contributed by atoms with Gasteiger partial charge in [0, 0.05) is 0 Å². The highest BCUT2D eigenvalue weighted by molar-refractivity contribution is 14.1. The molecule has 1 atom stereocenters. The van der Waals surface area contributed by atoms with Gasteiger partial charge in [-0.25, -0.2) is 14.0 Å². The van der Waals surface area contributed by atoms with E-state index in [2.05, 4.69) is 0 Å². The van der Waals surface area contributed by atoms with E-state index in [-0.39, 0.29) is 37.7 Å². The number of nitrogens with two attached hydrogens (primary N) is 1. The molecule has 2 N–H and O–H groups in total. The summed E-state index contributed by atoms with van der Waals surface area (Å²) in [4.78, 5) is 27.1. The molecule has 33 heavy (non-hydrogen) atoms. The zero-order valence-corrected chi connectivity index (χ0v) is 20.0. The van der Waals surface area contributed by atoms with Crippen molar-refractivity contribution in [2.45, 2.75) is 5.92 Å². The molecule has 1 aliphatic rings. The van der Waals surface area contributed by atoms with Crippen molar-refractivity contribution in [3.63, 3.8) is 0 Å². The van der Waals surface area contributed by atoms with Crippen LogP contribution < -0.4 is 15.4 Å². The number of esters is 2. The van der Waals surface area contributed by atoms with Crippen molar-refractivity contribution in [3.8, 4) is 11.8 Å². The Morgan fingerprint density at radius 3 is 2.27 bits per heavy atom. The van der Waals surface area contributed by atoms with Crippen molar-refractivity contribution in [2.24, 2.45) is 5.73 Å². The highest BCUT2D eigenvalue weighted by Crippen LogP contribution is 2.46.